The molecule has 0 aromatic carbocycles. The molecule has 4 rings (SSSR count). The molecule has 31 heavy (non-hydrogen) atoms. The third-order valence-corrected chi connectivity index (χ3v) is 10.8. The van der Waals surface area contributed by atoms with E-state index in [4.69, 9.17) is 0 Å². The van der Waals surface area contributed by atoms with E-state index >= 15 is 0 Å². The predicted octanol–water partition coefficient (Wildman–Crippen LogP) is 6.92. The van der Waals surface area contributed by atoms with Crippen LogP contribution in [0.2, 0.25) is 0 Å². The third-order valence-electron chi connectivity index (χ3n) is 10.8. The summed E-state index contributed by atoms with van der Waals surface area (Å²) in [5.74, 6) is 3.16. The molecule has 3 saturated carbocycles. The average molecular weight is 429 g/mol. The van der Waals surface area contributed by atoms with Crippen molar-refractivity contribution in [2.45, 2.75) is 112 Å². The zero-order chi connectivity index (χ0) is 22.8. The number of allylic oxidation sites excluding steroid dienone is 3. The van der Waals surface area contributed by atoms with Crippen LogP contribution in [0.1, 0.15) is 99.8 Å². The lowest BCUT2D eigenvalue weighted by atomic mass is 9.43. The Bertz CT molecular complexity index is 744. The summed E-state index contributed by atoms with van der Waals surface area (Å²) < 4.78 is 0. The molecule has 0 spiro atoms. The lowest BCUT2D eigenvalue weighted by Gasteiger charge is -2.62. The molecule has 0 aromatic heterocycles. The Balaban J connectivity index is 1.61. The number of aliphatic hydroxyl groups is 2. The van der Waals surface area contributed by atoms with Gasteiger partial charge in [-0.3, -0.25) is 0 Å². The van der Waals surface area contributed by atoms with Crippen LogP contribution in [0.3, 0.4) is 0 Å². The molecule has 0 amide bonds. The summed E-state index contributed by atoms with van der Waals surface area (Å²) in [7, 11) is 0. The van der Waals surface area contributed by atoms with Gasteiger partial charge in [-0.1, -0.05) is 57.9 Å². The van der Waals surface area contributed by atoms with Crippen LogP contribution in [0.25, 0.3) is 0 Å². The molecule has 0 radical (unpaired) electrons. The van der Waals surface area contributed by atoms with Crippen molar-refractivity contribution < 1.29 is 10.2 Å². The van der Waals surface area contributed by atoms with Crippen molar-refractivity contribution in [2.24, 2.45) is 45.8 Å². The molecule has 0 bridgehead atoms. The van der Waals surface area contributed by atoms with Crippen molar-refractivity contribution >= 4 is 0 Å². The molecular formula is C29H48O2. The number of hydrogen-bond donors (Lipinski definition) is 2. The Hall–Kier alpha value is -0.600. The second-order valence-corrected chi connectivity index (χ2v) is 13.1. The smallest absolute Gasteiger partial charge is 0.0628 e. The minimum absolute atomic E-state index is 0.0412. The van der Waals surface area contributed by atoms with Crippen LogP contribution in [0, 0.1) is 45.8 Å². The van der Waals surface area contributed by atoms with E-state index in [-0.39, 0.29) is 28.5 Å². The normalized spacial score (nSPS) is 46.9. The van der Waals surface area contributed by atoms with E-state index in [0.717, 1.165) is 43.4 Å². The van der Waals surface area contributed by atoms with Crippen molar-refractivity contribution in [3.63, 3.8) is 0 Å². The zero-order valence-corrected chi connectivity index (χ0v) is 21.2. The van der Waals surface area contributed by atoms with Gasteiger partial charge in [0.2, 0.25) is 0 Å². The van der Waals surface area contributed by atoms with E-state index in [1.807, 2.05) is 0 Å². The number of rotatable bonds is 4. The molecule has 2 heteroatoms. The first-order valence-electron chi connectivity index (χ1n) is 13.1. The third kappa shape index (κ3) is 3.59. The number of hydrogen-bond acceptors (Lipinski definition) is 2. The Kier molecular flexibility index (Phi) is 6.09. The molecule has 176 valence electrons. The van der Waals surface area contributed by atoms with E-state index in [1.165, 1.54) is 36.8 Å². The minimum atomic E-state index is -0.258. The van der Waals surface area contributed by atoms with Crippen LogP contribution in [-0.2, 0) is 0 Å². The Morgan fingerprint density at radius 2 is 1.84 bits per heavy atom. The molecule has 9 atom stereocenters. The van der Waals surface area contributed by atoms with Crippen LogP contribution in [-0.4, -0.2) is 22.4 Å². The lowest BCUT2D eigenvalue weighted by Crippen LogP contribution is -2.59. The second-order valence-electron chi connectivity index (χ2n) is 13.1. The highest BCUT2D eigenvalue weighted by molar-refractivity contribution is 5.32. The molecule has 0 aromatic rings. The maximum atomic E-state index is 11.7. The van der Waals surface area contributed by atoms with E-state index in [0.29, 0.717) is 11.8 Å². The fraction of sp³-hybridized carbons (Fsp3) is 0.862. The summed E-state index contributed by atoms with van der Waals surface area (Å²) in [6.07, 6.45) is 13.5. The maximum Gasteiger partial charge on any atom is 0.0628 e. The van der Waals surface area contributed by atoms with Gasteiger partial charge in [0.25, 0.3) is 0 Å². The second kappa shape index (κ2) is 8.01. The average Bonchev–Trinajstić information content (AvgIpc) is 3.01. The number of fused-ring (bicyclic) bond motifs is 5. The highest BCUT2D eigenvalue weighted by Crippen LogP contribution is 2.68. The molecule has 2 N–H and O–H groups in total. The number of aliphatic hydroxyl groups excluding tert-OH is 2. The summed E-state index contributed by atoms with van der Waals surface area (Å²) in [6.45, 7) is 16.3. The first kappa shape index (κ1) is 23.6. The highest BCUT2D eigenvalue weighted by atomic mass is 16.3. The molecule has 4 aliphatic carbocycles. The molecule has 0 heterocycles. The first-order chi connectivity index (χ1) is 14.4. The van der Waals surface area contributed by atoms with Crippen molar-refractivity contribution in [3.8, 4) is 0 Å². The predicted molar refractivity (Wildman–Crippen MR) is 130 cm³/mol. The SMILES string of the molecule is CC(C)=CCC[C@@H](C)[C@H]1CC[C@H]2[C@@H]3CC=C4C(C)(C)[C@@H](O)CC[C@]4(C)[C@H]3[C@@H](O)C[C@]12C. The van der Waals surface area contributed by atoms with E-state index in [2.05, 4.69) is 60.6 Å². The van der Waals surface area contributed by atoms with Crippen LogP contribution < -0.4 is 0 Å². The maximum absolute atomic E-state index is 11.7. The van der Waals surface area contributed by atoms with Crippen molar-refractivity contribution in [1.82, 2.24) is 0 Å². The monoisotopic (exact) mass is 428 g/mol. The van der Waals surface area contributed by atoms with Gasteiger partial charge in [-0.05, 0) is 106 Å². The van der Waals surface area contributed by atoms with Gasteiger partial charge in [0, 0.05) is 5.41 Å². The topological polar surface area (TPSA) is 40.5 Å². The Morgan fingerprint density at radius 3 is 2.52 bits per heavy atom. The molecule has 0 aliphatic heterocycles. The summed E-state index contributed by atoms with van der Waals surface area (Å²) in [6, 6.07) is 0. The van der Waals surface area contributed by atoms with Crippen molar-refractivity contribution in [3.05, 3.63) is 23.3 Å². The summed E-state index contributed by atoms with van der Waals surface area (Å²) in [5, 5.41) is 22.4. The molecule has 0 saturated heterocycles. The Morgan fingerprint density at radius 1 is 1.13 bits per heavy atom. The molecular weight excluding hydrogens is 380 g/mol. The van der Waals surface area contributed by atoms with Gasteiger partial charge < -0.3 is 10.2 Å². The lowest BCUT2D eigenvalue weighted by molar-refractivity contribution is -0.139. The van der Waals surface area contributed by atoms with Crippen LogP contribution >= 0.6 is 0 Å². The van der Waals surface area contributed by atoms with Gasteiger partial charge in [0.15, 0.2) is 0 Å². The molecule has 4 aliphatic rings. The van der Waals surface area contributed by atoms with Gasteiger partial charge in [-0.25, -0.2) is 0 Å². The zero-order valence-electron chi connectivity index (χ0n) is 21.2. The fourth-order valence-electron chi connectivity index (χ4n) is 9.34. The fourth-order valence-corrected chi connectivity index (χ4v) is 9.34. The Labute approximate surface area is 191 Å². The van der Waals surface area contributed by atoms with Gasteiger partial charge in [0.1, 0.15) is 0 Å². The summed E-state index contributed by atoms with van der Waals surface area (Å²) >= 11 is 0. The van der Waals surface area contributed by atoms with Crippen LogP contribution in [0.5, 0.6) is 0 Å². The van der Waals surface area contributed by atoms with Gasteiger partial charge in [0.05, 0.1) is 12.2 Å². The quantitative estimate of drug-likeness (QED) is 0.477. The first-order valence-corrected chi connectivity index (χ1v) is 13.1. The minimum Gasteiger partial charge on any atom is -0.393 e. The largest absolute Gasteiger partial charge is 0.393 e. The van der Waals surface area contributed by atoms with Gasteiger partial charge in [-0.2, -0.15) is 0 Å². The molecule has 0 unspecified atom stereocenters. The van der Waals surface area contributed by atoms with Crippen LogP contribution in [0.4, 0.5) is 0 Å². The molecule has 2 nitrogen and oxygen atoms in total. The highest BCUT2D eigenvalue weighted by Gasteiger charge is 2.63. The standard InChI is InChI=1S/C29H48O2/c1-18(2)9-8-10-19(3)21-12-13-22-20-11-14-24-27(4,5)25(31)15-16-28(24,6)26(20)23(30)17-29(21,22)7/h9,14,19-23,25-26,30-31H,8,10-13,15-17H2,1-7H3/t19-,20+,21-,22+,23+,25+,26-,28+,29-/m1/s1. The molecule has 3 fully saturated rings. The van der Waals surface area contributed by atoms with Crippen molar-refractivity contribution in [1.29, 1.82) is 0 Å². The van der Waals surface area contributed by atoms with E-state index in [9.17, 15) is 10.2 Å². The van der Waals surface area contributed by atoms with Crippen molar-refractivity contribution in [2.75, 3.05) is 0 Å². The van der Waals surface area contributed by atoms with E-state index in [1.54, 1.807) is 0 Å². The van der Waals surface area contributed by atoms with Gasteiger partial charge in [-0.15, -0.1) is 0 Å². The van der Waals surface area contributed by atoms with Crippen LogP contribution in [0.15, 0.2) is 23.3 Å². The van der Waals surface area contributed by atoms with E-state index < -0.39 is 0 Å². The van der Waals surface area contributed by atoms with Gasteiger partial charge >= 0.3 is 0 Å². The summed E-state index contributed by atoms with van der Waals surface area (Å²) in [5.41, 5.74) is 3.01. The summed E-state index contributed by atoms with van der Waals surface area (Å²) in [4.78, 5) is 0.